The van der Waals surface area contributed by atoms with Crippen molar-refractivity contribution in [2.75, 3.05) is 0 Å². The summed E-state index contributed by atoms with van der Waals surface area (Å²) in [7, 11) is 9.53. The summed E-state index contributed by atoms with van der Waals surface area (Å²) in [6, 6.07) is 9.21. The number of benzene rings is 1. The molecule has 0 saturated heterocycles. The minimum Gasteiger partial charge on any atom is -0.265 e. The van der Waals surface area contributed by atoms with E-state index in [9.17, 15) is 0 Å². The minimum atomic E-state index is 0.194. The molecule has 0 saturated carbocycles. The van der Waals surface area contributed by atoms with Crippen LogP contribution in [-0.4, -0.2) is 11.2 Å². The second-order valence-corrected chi connectivity index (χ2v) is 6.13. The molecule has 2 rings (SSSR count). The van der Waals surface area contributed by atoms with Crippen molar-refractivity contribution in [2.24, 2.45) is 4.99 Å². The first-order valence-electron chi connectivity index (χ1n) is 5.60. The van der Waals surface area contributed by atoms with Crippen LogP contribution >= 0.6 is 43.4 Å². The maximum atomic E-state index is 5.90. The Hall–Kier alpha value is -0.281. The number of rotatable bonds is 1. The van der Waals surface area contributed by atoms with Gasteiger partial charge in [0.2, 0.25) is 0 Å². The Balaban J connectivity index is 0.000000369. The van der Waals surface area contributed by atoms with Crippen LogP contribution in [0.1, 0.15) is 12.5 Å². The standard InChI is InChI=1S/C9H8Cl2N.C5H5N.2ClH.Fe/c1-3-12-9-6(2)4-7(10)5-8(9)11;1-2-4-6-5-3-1;;;/h4-5H,1-2H3;1-5H;2*1H;/q-1;;;;+3/p-2. The van der Waals surface area contributed by atoms with Crippen LogP contribution in [0.25, 0.3) is 0 Å². The summed E-state index contributed by atoms with van der Waals surface area (Å²) >= 11 is 11.9. The van der Waals surface area contributed by atoms with Gasteiger partial charge >= 0.3 is 33.3 Å². The molecule has 1 aromatic heterocycles. The van der Waals surface area contributed by atoms with Crippen LogP contribution in [0.2, 0.25) is 10.0 Å². The van der Waals surface area contributed by atoms with E-state index in [4.69, 9.17) is 43.4 Å². The molecule has 21 heavy (non-hydrogen) atoms. The number of aromatic nitrogens is 1. The molecule has 0 radical (unpaired) electrons. The third kappa shape index (κ3) is 10.1. The van der Waals surface area contributed by atoms with E-state index in [1.54, 1.807) is 25.4 Å². The quantitative estimate of drug-likeness (QED) is 0.307. The third-order valence-corrected chi connectivity index (χ3v) is 2.52. The Morgan fingerprint density at radius 3 is 2.00 bits per heavy atom. The van der Waals surface area contributed by atoms with Gasteiger partial charge in [0.05, 0.1) is 0 Å². The smallest absolute Gasteiger partial charge is 0.0267 e. The van der Waals surface area contributed by atoms with Crippen molar-refractivity contribution in [3.63, 3.8) is 0 Å². The summed E-state index contributed by atoms with van der Waals surface area (Å²) in [5, 5.41) is 1.20. The second kappa shape index (κ2) is 13.4. The summed E-state index contributed by atoms with van der Waals surface area (Å²) in [6.45, 7) is 3.64. The number of pyridine rings is 1. The van der Waals surface area contributed by atoms with Crippen molar-refractivity contribution < 1.29 is 13.1 Å². The Kier molecular flexibility index (Phi) is 13.2. The number of aliphatic imine (C=N–C) groups is 1. The summed E-state index contributed by atoms with van der Waals surface area (Å²) < 4.78 is 0. The molecule has 115 valence electrons. The van der Waals surface area contributed by atoms with Crippen LogP contribution < -0.4 is 0 Å². The minimum absolute atomic E-state index is 0.194. The number of hydrogen-bond acceptors (Lipinski definition) is 2. The molecule has 2 aromatic rings. The normalized spacial score (nSPS) is 9.43. The van der Waals surface area contributed by atoms with Crippen LogP contribution in [0.15, 0.2) is 47.7 Å². The zero-order valence-corrected chi connectivity index (χ0v) is 15.4. The average molecular weight is 407 g/mol. The number of nitrogens with zero attached hydrogens (tertiary/aromatic N) is 2. The summed E-state index contributed by atoms with van der Waals surface area (Å²) in [5.41, 5.74) is 1.70. The Bertz CT molecular complexity index is 486. The molecule has 2 nitrogen and oxygen atoms in total. The molecule has 0 aliphatic heterocycles. The molecule has 0 N–H and O–H groups in total. The van der Waals surface area contributed by atoms with Crippen LogP contribution in [0.5, 0.6) is 0 Å². The third-order valence-electron chi connectivity index (χ3n) is 2.01. The van der Waals surface area contributed by atoms with Gasteiger partial charge in [0.1, 0.15) is 0 Å². The zero-order valence-electron chi connectivity index (χ0n) is 11.3. The molecule has 0 aliphatic carbocycles. The van der Waals surface area contributed by atoms with Crippen molar-refractivity contribution >= 4 is 55.3 Å². The number of halogens is 4. The molecule has 0 atom stereocenters. The van der Waals surface area contributed by atoms with Gasteiger partial charge in [-0.2, -0.15) is 6.21 Å². The first-order chi connectivity index (χ1) is 10.1. The van der Waals surface area contributed by atoms with Gasteiger partial charge in [-0.25, -0.2) is 0 Å². The molecule has 0 aliphatic rings. The zero-order chi connectivity index (χ0) is 16.1. The van der Waals surface area contributed by atoms with Crippen molar-refractivity contribution in [1.82, 2.24) is 4.98 Å². The van der Waals surface area contributed by atoms with Crippen LogP contribution in [0.4, 0.5) is 5.69 Å². The molecule has 0 fully saturated rings. The van der Waals surface area contributed by atoms with E-state index in [-0.39, 0.29) is 13.1 Å². The van der Waals surface area contributed by atoms with E-state index in [2.05, 4.69) is 16.2 Å². The van der Waals surface area contributed by atoms with Crippen LogP contribution in [-0.2, 0) is 13.1 Å². The molecule has 0 bridgehead atoms. The van der Waals surface area contributed by atoms with Gasteiger partial charge in [-0.05, 0) is 23.2 Å². The summed E-state index contributed by atoms with van der Waals surface area (Å²) in [4.78, 5) is 7.79. The fraction of sp³-hybridized carbons (Fsp3) is 0.143. The van der Waals surface area contributed by atoms with Gasteiger partial charge in [0, 0.05) is 17.4 Å². The average Bonchev–Trinajstić information content (AvgIpc) is 2.46. The predicted molar refractivity (Wildman–Crippen MR) is 89.9 cm³/mol. The predicted octanol–water partition coefficient (Wildman–Crippen LogP) is 6.36. The Morgan fingerprint density at radius 2 is 1.67 bits per heavy atom. The fourth-order valence-electron chi connectivity index (χ4n) is 1.26. The van der Waals surface area contributed by atoms with E-state index in [1.807, 2.05) is 31.2 Å². The molecular weight excluding hydrogens is 394 g/mol. The van der Waals surface area contributed by atoms with E-state index >= 15 is 0 Å². The fourth-order valence-corrected chi connectivity index (χ4v) is 1.90. The largest absolute Gasteiger partial charge is 0.265 e. The second-order valence-electron chi connectivity index (χ2n) is 3.46. The monoisotopic (exact) mass is 405 g/mol. The van der Waals surface area contributed by atoms with E-state index in [0.29, 0.717) is 10.0 Å². The van der Waals surface area contributed by atoms with Crippen molar-refractivity contribution in [2.45, 2.75) is 13.8 Å². The van der Waals surface area contributed by atoms with E-state index in [1.165, 1.54) is 0 Å². The maximum absolute atomic E-state index is 5.90. The van der Waals surface area contributed by atoms with Crippen molar-refractivity contribution in [1.29, 1.82) is 0 Å². The number of aryl methyl sites for hydroxylation is 1. The Labute approximate surface area is 150 Å². The van der Waals surface area contributed by atoms with Gasteiger partial charge in [0.15, 0.2) is 0 Å². The number of hydrogen-bond donors (Lipinski definition) is 0. The maximum Gasteiger partial charge on any atom is 0.0267 e. The molecule has 0 spiro atoms. The van der Waals surface area contributed by atoms with Crippen molar-refractivity contribution in [3.05, 3.63) is 58.3 Å². The van der Waals surface area contributed by atoms with Gasteiger partial charge in [0.25, 0.3) is 0 Å². The summed E-state index contributed by atoms with van der Waals surface area (Å²) in [6.07, 6.45) is 6.18. The SMILES string of the molecule is C[C-]=Nc1c(C)cc(Cl)cc1Cl.[Cl][Fe+][Cl].c1ccncc1. The van der Waals surface area contributed by atoms with E-state index < -0.39 is 0 Å². The first kappa shape index (κ1) is 20.7. The molecule has 1 heterocycles. The van der Waals surface area contributed by atoms with Crippen LogP contribution in [0, 0.1) is 6.92 Å². The molecule has 0 unspecified atom stereocenters. The van der Waals surface area contributed by atoms with Gasteiger partial charge in [-0.1, -0.05) is 36.3 Å². The van der Waals surface area contributed by atoms with Gasteiger partial charge in [-0.15, -0.1) is 24.1 Å². The summed E-state index contributed by atoms with van der Waals surface area (Å²) in [5.74, 6) is 0. The first-order valence-corrected chi connectivity index (χ1v) is 9.39. The molecule has 0 amide bonds. The van der Waals surface area contributed by atoms with Gasteiger partial charge in [-0.3, -0.25) is 4.98 Å². The topological polar surface area (TPSA) is 25.2 Å². The van der Waals surface area contributed by atoms with Crippen molar-refractivity contribution in [3.8, 4) is 0 Å². The van der Waals surface area contributed by atoms with E-state index in [0.717, 1.165) is 11.3 Å². The molecule has 1 aromatic carbocycles. The molecule has 7 heteroatoms. The van der Waals surface area contributed by atoms with Crippen LogP contribution in [0.3, 0.4) is 0 Å². The molecular formula is C14H13Cl4FeN2. The van der Waals surface area contributed by atoms with Gasteiger partial charge < -0.3 is 4.99 Å². The Morgan fingerprint density at radius 1 is 1.10 bits per heavy atom.